The summed E-state index contributed by atoms with van der Waals surface area (Å²) in [5.41, 5.74) is 8.40. The van der Waals surface area contributed by atoms with Gasteiger partial charge in [-0.15, -0.1) is 6.58 Å². The minimum absolute atomic E-state index is 0.157. The molecule has 0 aromatic heterocycles. The van der Waals surface area contributed by atoms with Gasteiger partial charge in [0.05, 0.1) is 5.69 Å². The van der Waals surface area contributed by atoms with E-state index in [9.17, 15) is 4.79 Å². The van der Waals surface area contributed by atoms with Gasteiger partial charge in [-0.3, -0.25) is 4.79 Å². The highest BCUT2D eigenvalue weighted by molar-refractivity contribution is 9.10. The fraction of sp³-hybridized carbons (Fsp3) is 0.250. The third-order valence-corrected chi connectivity index (χ3v) is 3.44. The molecule has 90 valence electrons. The number of likely N-dealkylation sites (N-methyl/N-ethyl adjacent to an activating group) is 1. The second-order valence-electron chi connectivity index (χ2n) is 4.03. The lowest BCUT2D eigenvalue weighted by Gasteiger charge is -2.20. The van der Waals surface area contributed by atoms with E-state index in [1.165, 1.54) is 0 Å². The number of nitrogens with one attached hydrogen (secondary N) is 1. The zero-order valence-corrected chi connectivity index (χ0v) is 11.1. The maximum absolute atomic E-state index is 11.5. The molecule has 1 aromatic rings. The first-order chi connectivity index (χ1) is 8.04. The molecule has 1 amide bonds. The van der Waals surface area contributed by atoms with Gasteiger partial charge in [-0.25, -0.2) is 0 Å². The number of anilines is 2. The number of hydrogen-bond acceptors (Lipinski definition) is 3. The van der Waals surface area contributed by atoms with Crippen LogP contribution < -0.4 is 16.0 Å². The van der Waals surface area contributed by atoms with Crippen LogP contribution in [-0.2, 0) is 4.79 Å². The van der Waals surface area contributed by atoms with Crippen LogP contribution in [0.2, 0.25) is 0 Å². The summed E-state index contributed by atoms with van der Waals surface area (Å²) in [7, 11) is 1.96. The van der Waals surface area contributed by atoms with Crippen LogP contribution in [0.3, 0.4) is 0 Å². The Balaban J connectivity index is 2.43. The number of nitrogens with zero attached hydrogens (tertiary/aromatic N) is 1. The Hall–Kier alpha value is -1.33. The largest absolute Gasteiger partial charge is 0.370 e. The van der Waals surface area contributed by atoms with Gasteiger partial charge in [0.2, 0.25) is 5.91 Å². The van der Waals surface area contributed by atoms with Gasteiger partial charge in [0, 0.05) is 29.3 Å². The zero-order valence-electron chi connectivity index (χ0n) is 9.53. The van der Waals surface area contributed by atoms with E-state index in [4.69, 9.17) is 5.73 Å². The Morgan fingerprint density at radius 2 is 2.35 bits per heavy atom. The topological polar surface area (TPSA) is 58.4 Å². The molecular formula is C12H14BrN3O. The van der Waals surface area contributed by atoms with E-state index in [1.54, 1.807) is 0 Å². The van der Waals surface area contributed by atoms with Crippen LogP contribution in [0.1, 0.15) is 11.6 Å². The van der Waals surface area contributed by atoms with Crippen LogP contribution in [0.5, 0.6) is 0 Å². The predicted octanol–water partition coefficient (Wildman–Crippen LogP) is 2.02. The number of amides is 1. The molecule has 4 nitrogen and oxygen atoms in total. The summed E-state index contributed by atoms with van der Waals surface area (Å²) in [6.07, 6.45) is 1.82. The van der Waals surface area contributed by atoms with E-state index in [2.05, 4.69) is 27.8 Å². The average molecular weight is 296 g/mol. The SMILES string of the molecule is C=CCN(C)c1cc2c(cc1Br)C(N)C(=O)N2. The number of carbonyl (C=O) groups is 1. The molecule has 1 unspecified atom stereocenters. The van der Waals surface area contributed by atoms with Crippen molar-refractivity contribution in [3.05, 3.63) is 34.8 Å². The average Bonchev–Trinajstić information content (AvgIpc) is 2.55. The van der Waals surface area contributed by atoms with Crippen molar-refractivity contribution in [1.29, 1.82) is 0 Å². The summed E-state index contributed by atoms with van der Waals surface area (Å²) < 4.78 is 0.924. The van der Waals surface area contributed by atoms with Crippen LogP contribution in [0, 0.1) is 0 Å². The molecule has 0 aliphatic carbocycles. The summed E-state index contributed by atoms with van der Waals surface area (Å²) >= 11 is 3.50. The molecule has 1 aromatic carbocycles. The third-order valence-electron chi connectivity index (χ3n) is 2.81. The minimum atomic E-state index is -0.569. The summed E-state index contributed by atoms with van der Waals surface area (Å²) in [6, 6.07) is 3.25. The molecule has 1 aliphatic heterocycles. The highest BCUT2D eigenvalue weighted by Gasteiger charge is 2.28. The highest BCUT2D eigenvalue weighted by Crippen LogP contribution is 2.37. The smallest absolute Gasteiger partial charge is 0.245 e. The molecule has 0 saturated carbocycles. The molecule has 1 aliphatic rings. The van der Waals surface area contributed by atoms with Gasteiger partial charge in [-0.2, -0.15) is 0 Å². The predicted molar refractivity (Wildman–Crippen MR) is 73.2 cm³/mol. The zero-order chi connectivity index (χ0) is 12.6. The third kappa shape index (κ3) is 2.08. The van der Waals surface area contributed by atoms with E-state index in [-0.39, 0.29) is 5.91 Å². The monoisotopic (exact) mass is 295 g/mol. The minimum Gasteiger partial charge on any atom is -0.370 e. The van der Waals surface area contributed by atoms with Crippen LogP contribution >= 0.6 is 15.9 Å². The van der Waals surface area contributed by atoms with Crippen molar-refractivity contribution < 1.29 is 4.79 Å². The standard InChI is InChI=1S/C12H14BrN3O/c1-3-4-16(2)10-6-9-7(5-8(10)13)11(14)12(17)15-9/h3,5-6,11H,1,4,14H2,2H3,(H,15,17). The Labute approximate surface area is 109 Å². The second-order valence-corrected chi connectivity index (χ2v) is 4.88. The molecule has 0 fully saturated rings. The van der Waals surface area contributed by atoms with Gasteiger partial charge < -0.3 is 16.0 Å². The van der Waals surface area contributed by atoms with Crippen LogP contribution in [-0.4, -0.2) is 19.5 Å². The summed E-state index contributed by atoms with van der Waals surface area (Å²) in [5.74, 6) is -0.157. The second kappa shape index (κ2) is 4.50. The van der Waals surface area contributed by atoms with Crippen molar-refractivity contribution in [2.45, 2.75) is 6.04 Å². The van der Waals surface area contributed by atoms with Gasteiger partial charge >= 0.3 is 0 Å². The van der Waals surface area contributed by atoms with Gasteiger partial charge in [0.15, 0.2) is 0 Å². The first kappa shape index (κ1) is 12.1. The summed E-state index contributed by atoms with van der Waals surface area (Å²) in [5, 5.41) is 2.77. The number of rotatable bonds is 3. The molecule has 3 N–H and O–H groups in total. The van der Waals surface area contributed by atoms with Crippen molar-refractivity contribution in [2.75, 3.05) is 23.8 Å². The van der Waals surface area contributed by atoms with Gasteiger partial charge in [-0.1, -0.05) is 6.08 Å². The molecule has 0 bridgehead atoms. The maximum Gasteiger partial charge on any atom is 0.245 e. The number of benzene rings is 1. The van der Waals surface area contributed by atoms with Crippen LogP contribution in [0.25, 0.3) is 0 Å². The first-order valence-electron chi connectivity index (χ1n) is 5.26. The molecule has 2 rings (SSSR count). The molecule has 5 heteroatoms. The van der Waals surface area contributed by atoms with Gasteiger partial charge in [0.1, 0.15) is 6.04 Å². The van der Waals surface area contributed by atoms with Crippen molar-refractivity contribution in [2.24, 2.45) is 5.73 Å². The molecule has 0 radical (unpaired) electrons. The number of halogens is 1. The lowest BCUT2D eigenvalue weighted by Crippen LogP contribution is -2.19. The Bertz CT molecular complexity index is 487. The Morgan fingerprint density at radius 1 is 1.65 bits per heavy atom. The van der Waals surface area contributed by atoms with E-state index >= 15 is 0 Å². The number of carbonyl (C=O) groups excluding carboxylic acids is 1. The lowest BCUT2D eigenvalue weighted by atomic mass is 10.1. The van der Waals surface area contributed by atoms with Crippen molar-refractivity contribution >= 4 is 33.2 Å². The summed E-state index contributed by atoms with van der Waals surface area (Å²) in [4.78, 5) is 13.5. The normalized spacial score (nSPS) is 17.6. The number of fused-ring (bicyclic) bond motifs is 1. The molecule has 0 saturated heterocycles. The van der Waals surface area contributed by atoms with Crippen LogP contribution in [0.4, 0.5) is 11.4 Å². The van der Waals surface area contributed by atoms with Crippen molar-refractivity contribution in [3.8, 4) is 0 Å². The van der Waals surface area contributed by atoms with E-state index in [1.807, 2.05) is 30.2 Å². The quantitative estimate of drug-likeness (QED) is 0.839. The Kier molecular flexibility index (Phi) is 3.22. The molecule has 17 heavy (non-hydrogen) atoms. The van der Waals surface area contributed by atoms with E-state index in [0.717, 1.165) is 28.0 Å². The molecule has 0 spiro atoms. The van der Waals surface area contributed by atoms with Crippen LogP contribution in [0.15, 0.2) is 29.3 Å². The van der Waals surface area contributed by atoms with Gasteiger partial charge in [0.25, 0.3) is 0 Å². The van der Waals surface area contributed by atoms with E-state index < -0.39 is 6.04 Å². The Morgan fingerprint density at radius 3 is 3.00 bits per heavy atom. The molecule has 1 atom stereocenters. The number of hydrogen-bond donors (Lipinski definition) is 2. The fourth-order valence-electron chi connectivity index (χ4n) is 1.88. The van der Waals surface area contributed by atoms with Crippen molar-refractivity contribution in [3.63, 3.8) is 0 Å². The molecule has 1 heterocycles. The fourth-order valence-corrected chi connectivity index (χ4v) is 2.54. The van der Waals surface area contributed by atoms with E-state index in [0.29, 0.717) is 0 Å². The molecular weight excluding hydrogens is 282 g/mol. The maximum atomic E-state index is 11.5. The lowest BCUT2D eigenvalue weighted by molar-refractivity contribution is -0.116. The summed E-state index contributed by atoms with van der Waals surface area (Å²) in [6.45, 7) is 4.44. The van der Waals surface area contributed by atoms with Crippen molar-refractivity contribution in [1.82, 2.24) is 0 Å². The highest BCUT2D eigenvalue weighted by atomic mass is 79.9. The first-order valence-corrected chi connectivity index (χ1v) is 6.06. The van der Waals surface area contributed by atoms with Gasteiger partial charge in [-0.05, 0) is 28.1 Å². The number of nitrogens with two attached hydrogens (primary N) is 1.